The molecule has 0 radical (unpaired) electrons. The number of thiophene rings is 1. The average Bonchev–Trinajstić information content (AvgIpc) is 2.84. The van der Waals surface area contributed by atoms with E-state index in [1.165, 1.54) is 11.3 Å². The van der Waals surface area contributed by atoms with Crippen LogP contribution in [0.4, 0.5) is 5.00 Å². The topological polar surface area (TPSA) is 81.4 Å². The lowest BCUT2D eigenvalue weighted by Crippen LogP contribution is -2.31. The zero-order chi connectivity index (χ0) is 17.9. The maximum Gasteiger partial charge on any atom is 0.265 e. The number of hydrogen-bond acceptors (Lipinski definition) is 4. The average molecular weight is 346 g/mol. The molecule has 24 heavy (non-hydrogen) atoms. The fourth-order valence-corrected chi connectivity index (χ4v) is 3.65. The van der Waals surface area contributed by atoms with Crippen molar-refractivity contribution in [1.82, 2.24) is 0 Å². The number of benzene rings is 1. The summed E-state index contributed by atoms with van der Waals surface area (Å²) in [5.41, 5.74) is 7.72. The van der Waals surface area contributed by atoms with Crippen LogP contribution in [-0.2, 0) is 11.2 Å². The van der Waals surface area contributed by atoms with Crippen molar-refractivity contribution < 1.29 is 14.3 Å². The van der Waals surface area contributed by atoms with Gasteiger partial charge in [-0.1, -0.05) is 25.1 Å². The molecule has 0 saturated carbocycles. The highest BCUT2D eigenvalue weighted by molar-refractivity contribution is 7.16. The molecule has 1 aromatic carbocycles. The highest BCUT2D eigenvalue weighted by Crippen LogP contribution is 2.33. The minimum Gasteiger partial charge on any atom is -0.481 e. The summed E-state index contributed by atoms with van der Waals surface area (Å²) in [7, 11) is 0. The number of anilines is 1. The molecule has 6 heteroatoms. The van der Waals surface area contributed by atoms with Crippen LogP contribution in [0, 0.1) is 13.8 Å². The molecule has 0 fully saturated rings. The van der Waals surface area contributed by atoms with Crippen molar-refractivity contribution in [2.75, 3.05) is 5.32 Å². The van der Waals surface area contributed by atoms with E-state index in [0.29, 0.717) is 22.7 Å². The van der Waals surface area contributed by atoms with Crippen LogP contribution < -0.4 is 15.8 Å². The van der Waals surface area contributed by atoms with Crippen LogP contribution >= 0.6 is 11.3 Å². The first-order chi connectivity index (χ1) is 11.3. The summed E-state index contributed by atoms with van der Waals surface area (Å²) in [5, 5.41) is 3.27. The normalized spacial score (nSPS) is 11.8. The van der Waals surface area contributed by atoms with Crippen LogP contribution in [0.3, 0.4) is 0 Å². The molecule has 5 nitrogen and oxygen atoms in total. The van der Waals surface area contributed by atoms with E-state index in [0.717, 1.165) is 16.0 Å². The molecule has 2 rings (SSSR count). The van der Waals surface area contributed by atoms with Gasteiger partial charge in [0.15, 0.2) is 6.10 Å². The predicted octanol–water partition coefficient (Wildman–Crippen LogP) is 3.43. The van der Waals surface area contributed by atoms with Gasteiger partial charge in [0.25, 0.3) is 11.8 Å². The third-order valence-corrected chi connectivity index (χ3v) is 4.88. The zero-order valence-corrected chi connectivity index (χ0v) is 15.1. The van der Waals surface area contributed by atoms with Gasteiger partial charge in [-0.15, -0.1) is 11.3 Å². The lowest BCUT2D eigenvalue weighted by molar-refractivity contribution is -0.122. The van der Waals surface area contributed by atoms with Crippen molar-refractivity contribution in [3.63, 3.8) is 0 Å². The van der Waals surface area contributed by atoms with Crippen LogP contribution in [0.2, 0.25) is 0 Å². The first-order valence-corrected chi connectivity index (χ1v) is 8.62. The van der Waals surface area contributed by atoms with E-state index in [9.17, 15) is 9.59 Å². The largest absolute Gasteiger partial charge is 0.481 e. The second-order valence-corrected chi connectivity index (χ2v) is 6.80. The van der Waals surface area contributed by atoms with Crippen molar-refractivity contribution in [1.29, 1.82) is 0 Å². The molecule has 3 N–H and O–H groups in total. The molecule has 0 saturated heterocycles. The highest BCUT2D eigenvalue weighted by Gasteiger charge is 2.23. The van der Waals surface area contributed by atoms with E-state index in [-0.39, 0.29) is 5.91 Å². The number of aryl methyl sites for hydroxylation is 2. The summed E-state index contributed by atoms with van der Waals surface area (Å²) in [6, 6.07) is 7.50. The van der Waals surface area contributed by atoms with Crippen molar-refractivity contribution in [2.45, 2.75) is 40.2 Å². The van der Waals surface area contributed by atoms with Crippen LogP contribution in [0.5, 0.6) is 5.75 Å². The summed E-state index contributed by atoms with van der Waals surface area (Å²) < 4.78 is 5.72. The molecule has 0 aliphatic rings. The number of para-hydroxylation sites is 1. The van der Waals surface area contributed by atoms with Gasteiger partial charge >= 0.3 is 0 Å². The number of primary amides is 1. The lowest BCUT2D eigenvalue weighted by Gasteiger charge is -2.16. The summed E-state index contributed by atoms with van der Waals surface area (Å²) in [5.74, 6) is -0.185. The number of carbonyl (C=O) groups is 2. The van der Waals surface area contributed by atoms with Gasteiger partial charge in [0.1, 0.15) is 10.8 Å². The maximum absolute atomic E-state index is 12.4. The SMILES string of the molecule is CCc1c(C)sc(NC(=O)C(C)Oc2ccccc2C)c1C(N)=O. The number of nitrogens with two attached hydrogens (primary N) is 1. The van der Waals surface area contributed by atoms with Crippen LogP contribution in [0.1, 0.15) is 40.2 Å². The fourth-order valence-electron chi connectivity index (χ4n) is 2.50. The van der Waals surface area contributed by atoms with Gasteiger partial charge in [0.2, 0.25) is 0 Å². The van der Waals surface area contributed by atoms with Crippen molar-refractivity contribution in [3.8, 4) is 5.75 Å². The third kappa shape index (κ3) is 3.76. The van der Waals surface area contributed by atoms with Gasteiger partial charge in [-0.25, -0.2) is 0 Å². The minimum absolute atomic E-state index is 0.315. The van der Waals surface area contributed by atoms with E-state index in [4.69, 9.17) is 10.5 Å². The molecule has 2 amide bonds. The number of hydrogen-bond donors (Lipinski definition) is 2. The van der Waals surface area contributed by atoms with Crippen LogP contribution in [-0.4, -0.2) is 17.9 Å². The Labute approximate surface area is 145 Å². The molecular formula is C18H22N2O3S. The molecule has 1 atom stereocenters. The Morgan fingerprint density at radius 3 is 2.54 bits per heavy atom. The van der Waals surface area contributed by atoms with Gasteiger partial charge in [-0.3, -0.25) is 9.59 Å². The molecule has 0 bridgehead atoms. The van der Waals surface area contributed by atoms with E-state index in [1.807, 2.05) is 45.0 Å². The molecule has 128 valence electrons. The van der Waals surface area contributed by atoms with Crippen molar-refractivity contribution in [3.05, 3.63) is 45.8 Å². The number of rotatable bonds is 6. The van der Waals surface area contributed by atoms with E-state index < -0.39 is 12.0 Å². The quantitative estimate of drug-likeness (QED) is 0.841. The summed E-state index contributed by atoms with van der Waals surface area (Å²) >= 11 is 1.36. The van der Waals surface area contributed by atoms with Gasteiger partial charge in [0.05, 0.1) is 5.56 Å². The van der Waals surface area contributed by atoms with Crippen molar-refractivity contribution in [2.24, 2.45) is 5.73 Å². The second-order valence-electron chi connectivity index (χ2n) is 5.57. The van der Waals surface area contributed by atoms with Crippen LogP contribution in [0.25, 0.3) is 0 Å². The van der Waals surface area contributed by atoms with E-state index in [1.54, 1.807) is 6.92 Å². The molecule has 1 heterocycles. The first kappa shape index (κ1) is 18.0. The minimum atomic E-state index is -0.695. The second kappa shape index (κ2) is 7.49. The lowest BCUT2D eigenvalue weighted by atomic mass is 10.1. The monoisotopic (exact) mass is 346 g/mol. The Bertz CT molecular complexity index is 768. The molecule has 0 aliphatic carbocycles. The number of amides is 2. The number of nitrogens with one attached hydrogen (secondary N) is 1. The molecule has 1 aromatic heterocycles. The van der Waals surface area contributed by atoms with Gasteiger partial charge in [-0.05, 0) is 44.4 Å². The molecule has 2 aromatic rings. The Kier molecular flexibility index (Phi) is 5.62. The molecule has 1 unspecified atom stereocenters. The Hall–Kier alpha value is -2.34. The van der Waals surface area contributed by atoms with E-state index in [2.05, 4.69) is 5.32 Å². The number of carbonyl (C=O) groups excluding carboxylic acids is 2. The Morgan fingerprint density at radius 2 is 1.96 bits per heavy atom. The number of ether oxygens (including phenoxy) is 1. The zero-order valence-electron chi connectivity index (χ0n) is 14.3. The van der Waals surface area contributed by atoms with Crippen molar-refractivity contribution >= 4 is 28.2 Å². The fraction of sp³-hybridized carbons (Fsp3) is 0.333. The molecule has 0 aliphatic heterocycles. The smallest absolute Gasteiger partial charge is 0.265 e. The summed E-state index contributed by atoms with van der Waals surface area (Å²) in [6.45, 7) is 7.46. The third-order valence-electron chi connectivity index (χ3n) is 3.81. The van der Waals surface area contributed by atoms with Crippen LogP contribution in [0.15, 0.2) is 24.3 Å². The Morgan fingerprint density at radius 1 is 1.29 bits per heavy atom. The first-order valence-electron chi connectivity index (χ1n) is 7.80. The molecule has 0 spiro atoms. The maximum atomic E-state index is 12.4. The van der Waals surface area contributed by atoms with Gasteiger partial charge < -0.3 is 15.8 Å². The van der Waals surface area contributed by atoms with E-state index >= 15 is 0 Å². The highest BCUT2D eigenvalue weighted by atomic mass is 32.1. The van der Waals surface area contributed by atoms with Gasteiger partial charge in [0, 0.05) is 4.88 Å². The predicted molar refractivity (Wildman–Crippen MR) is 96.9 cm³/mol. The summed E-state index contributed by atoms with van der Waals surface area (Å²) in [4.78, 5) is 25.2. The molecular weight excluding hydrogens is 324 g/mol. The summed E-state index contributed by atoms with van der Waals surface area (Å²) in [6.07, 6.45) is -0.00883. The Balaban J connectivity index is 2.18. The van der Waals surface area contributed by atoms with Gasteiger partial charge in [-0.2, -0.15) is 0 Å². The standard InChI is InChI=1S/C18H22N2O3S/c1-5-13-12(4)24-18(15(13)16(19)21)20-17(22)11(3)23-14-9-7-6-8-10(14)2/h6-9,11H,5H2,1-4H3,(H2,19,21)(H,20,22).